The third kappa shape index (κ3) is 6.08. The largest absolute Gasteiger partial charge is 0.480 e. The van der Waals surface area contributed by atoms with Gasteiger partial charge in [-0.3, -0.25) is 9.52 Å². The predicted molar refractivity (Wildman–Crippen MR) is 79.0 cm³/mol. The number of hydrogen-bond acceptors (Lipinski definition) is 6. The van der Waals surface area contributed by atoms with Gasteiger partial charge in [-0.1, -0.05) is 19.8 Å². The second kappa shape index (κ2) is 7.36. The Morgan fingerprint density at radius 3 is 2.67 bits per heavy atom. The lowest BCUT2D eigenvalue weighted by Gasteiger charge is -2.12. The van der Waals surface area contributed by atoms with Gasteiger partial charge >= 0.3 is 5.97 Å². The number of unbranched alkanes of at least 4 members (excludes halogenated alkanes) is 1. The summed E-state index contributed by atoms with van der Waals surface area (Å²) in [6, 6.07) is -0.981. The van der Waals surface area contributed by atoms with Crippen molar-refractivity contribution in [2.24, 2.45) is 0 Å². The normalized spacial score (nSPS) is 12.7. The van der Waals surface area contributed by atoms with E-state index in [4.69, 9.17) is 5.11 Å². The Bertz CT molecular complexity index is 611. The summed E-state index contributed by atoms with van der Waals surface area (Å²) in [6.07, 6.45) is 2.80. The standard InChI is InChI=1S/C11H17N3O5S2/c1-3-4-5-7(10(16)17)12-9(15)8-6-20-11(13-8)14-21(2,18)19/h6-7H,3-5H2,1-2H3,(H,12,15)(H,13,14)(H,16,17). The fourth-order valence-electron chi connectivity index (χ4n) is 1.48. The molecule has 0 aromatic carbocycles. The van der Waals surface area contributed by atoms with Crippen LogP contribution in [0.2, 0.25) is 0 Å². The van der Waals surface area contributed by atoms with Gasteiger partial charge in [0.2, 0.25) is 10.0 Å². The van der Waals surface area contributed by atoms with Gasteiger partial charge in [0.1, 0.15) is 11.7 Å². The minimum atomic E-state index is -3.47. The molecular formula is C11H17N3O5S2. The molecule has 8 nitrogen and oxygen atoms in total. The van der Waals surface area contributed by atoms with Crippen LogP contribution in [0.5, 0.6) is 0 Å². The van der Waals surface area contributed by atoms with Gasteiger partial charge in [0, 0.05) is 5.38 Å². The topological polar surface area (TPSA) is 125 Å². The zero-order valence-electron chi connectivity index (χ0n) is 11.6. The number of amides is 1. The van der Waals surface area contributed by atoms with E-state index in [2.05, 4.69) is 15.0 Å². The summed E-state index contributed by atoms with van der Waals surface area (Å²) in [5, 5.41) is 12.8. The zero-order valence-corrected chi connectivity index (χ0v) is 13.3. The Morgan fingerprint density at radius 1 is 1.48 bits per heavy atom. The van der Waals surface area contributed by atoms with Gasteiger partial charge in [0.05, 0.1) is 6.26 Å². The Balaban J connectivity index is 2.72. The molecule has 0 bridgehead atoms. The summed E-state index contributed by atoms with van der Waals surface area (Å²) in [7, 11) is -3.47. The molecule has 118 valence electrons. The van der Waals surface area contributed by atoms with Crippen molar-refractivity contribution >= 4 is 38.4 Å². The molecule has 3 N–H and O–H groups in total. The third-order valence-electron chi connectivity index (χ3n) is 2.46. The average molecular weight is 335 g/mol. The number of carbonyl (C=O) groups excluding carboxylic acids is 1. The Hall–Kier alpha value is -1.68. The number of aliphatic carboxylic acids is 1. The molecule has 1 aromatic rings. The third-order valence-corrected chi connectivity index (χ3v) is 3.91. The van der Waals surface area contributed by atoms with E-state index in [9.17, 15) is 18.0 Å². The summed E-state index contributed by atoms with van der Waals surface area (Å²) >= 11 is 0.948. The van der Waals surface area contributed by atoms with E-state index in [1.807, 2.05) is 6.92 Å². The lowest BCUT2D eigenvalue weighted by Crippen LogP contribution is -2.40. The molecule has 1 atom stereocenters. The number of carbonyl (C=O) groups is 2. The van der Waals surface area contributed by atoms with Crippen molar-refractivity contribution in [2.75, 3.05) is 11.0 Å². The molecule has 10 heteroatoms. The highest BCUT2D eigenvalue weighted by Crippen LogP contribution is 2.16. The molecule has 0 spiro atoms. The van der Waals surface area contributed by atoms with Crippen molar-refractivity contribution < 1.29 is 23.1 Å². The van der Waals surface area contributed by atoms with Crippen molar-refractivity contribution in [2.45, 2.75) is 32.2 Å². The Kier molecular flexibility index (Phi) is 6.09. The van der Waals surface area contributed by atoms with E-state index < -0.39 is 27.9 Å². The highest BCUT2D eigenvalue weighted by atomic mass is 32.2. The number of thiazole rings is 1. The summed E-state index contributed by atoms with van der Waals surface area (Å²) in [5.41, 5.74) is -0.0195. The number of hydrogen-bond donors (Lipinski definition) is 3. The van der Waals surface area contributed by atoms with E-state index in [-0.39, 0.29) is 10.8 Å². The highest BCUT2D eigenvalue weighted by Gasteiger charge is 2.21. The van der Waals surface area contributed by atoms with Crippen molar-refractivity contribution in [3.05, 3.63) is 11.1 Å². The minimum absolute atomic E-state index is 0.0195. The maximum atomic E-state index is 11.9. The molecule has 0 radical (unpaired) electrons. The van der Waals surface area contributed by atoms with Crippen LogP contribution in [0, 0.1) is 0 Å². The first-order valence-electron chi connectivity index (χ1n) is 6.20. The molecule has 1 amide bonds. The van der Waals surface area contributed by atoms with Crippen LogP contribution in [-0.4, -0.2) is 42.7 Å². The molecule has 0 aliphatic rings. The van der Waals surface area contributed by atoms with Crippen LogP contribution in [0.3, 0.4) is 0 Å². The number of rotatable bonds is 8. The maximum absolute atomic E-state index is 11.9. The molecule has 0 aliphatic heterocycles. The van der Waals surface area contributed by atoms with Crippen LogP contribution in [0.1, 0.15) is 36.7 Å². The molecule has 0 aliphatic carbocycles. The first-order chi connectivity index (χ1) is 9.73. The smallest absolute Gasteiger partial charge is 0.326 e. The van der Waals surface area contributed by atoms with Crippen LogP contribution in [-0.2, 0) is 14.8 Å². The van der Waals surface area contributed by atoms with Crippen molar-refractivity contribution in [3.63, 3.8) is 0 Å². The minimum Gasteiger partial charge on any atom is -0.480 e. The van der Waals surface area contributed by atoms with Crippen molar-refractivity contribution in [3.8, 4) is 0 Å². The molecule has 1 aromatic heterocycles. The fourth-order valence-corrected chi connectivity index (χ4v) is 3.02. The van der Waals surface area contributed by atoms with Crippen LogP contribution < -0.4 is 10.0 Å². The number of nitrogens with zero attached hydrogens (tertiary/aromatic N) is 1. The first-order valence-corrected chi connectivity index (χ1v) is 8.97. The monoisotopic (exact) mass is 335 g/mol. The number of anilines is 1. The maximum Gasteiger partial charge on any atom is 0.326 e. The molecular weight excluding hydrogens is 318 g/mol. The van der Waals surface area contributed by atoms with E-state index in [1.54, 1.807) is 0 Å². The van der Waals surface area contributed by atoms with E-state index in [1.165, 1.54) is 5.38 Å². The van der Waals surface area contributed by atoms with Gasteiger partial charge in [-0.2, -0.15) is 0 Å². The van der Waals surface area contributed by atoms with Gasteiger partial charge in [-0.25, -0.2) is 18.2 Å². The second-order valence-corrected chi connectivity index (χ2v) is 7.03. The molecule has 1 rings (SSSR count). The van der Waals surface area contributed by atoms with Gasteiger partial charge in [-0.15, -0.1) is 11.3 Å². The second-order valence-electron chi connectivity index (χ2n) is 4.42. The number of nitrogens with one attached hydrogen (secondary N) is 2. The van der Waals surface area contributed by atoms with Gasteiger partial charge < -0.3 is 10.4 Å². The molecule has 0 fully saturated rings. The lowest BCUT2D eigenvalue weighted by atomic mass is 10.1. The van der Waals surface area contributed by atoms with E-state index in [0.29, 0.717) is 12.8 Å². The number of carboxylic acid groups (broad SMARTS) is 1. The summed E-state index contributed by atoms with van der Waals surface area (Å²) in [4.78, 5) is 26.7. The SMILES string of the molecule is CCCCC(NC(=O)c1csc(NS(C)(=O)=O)n1)C(=O)O. The summed E-state index contributed by atoms with van der Waals surface area (Å²) in [6.45, 7) is 1.92. The van der Waals surface area contributed by atoms with Gasteiger partial charge in [0.15, 0.2) is 5.13 Å². The number of aromatic nitrogens is 1. The Labute approximate surface area is 126 Å². The highest BCUT2D eigenvalue weighted by molar-refractivity contribution is 7.92. The molecule has 21 heavy (non-hydrogen) atoms. The average Bonchev–Trinajstić information content (AvgIpc) is 2.79. The van der Waals surface area contributed by atoms with E-state index in [0.717, 1.165) is 24.0 Å². The molecule has 0 saturated heterocycles. The fraction of sp³-hybridized carbons (Fsp3) is 0.545. The Morgan fingerprint density at radius 2 is 2.14 bits per heavy atom. The summed E-state index contributed by atoms with van der Waals surface area (Å²) in [5.74, 6) is -1.75. The summed E-state index contributed by atoms with van der Waals surface area (Å²) < 4.78 is 24.2. The van der Waals surface area contributed by atoms with E-state index >= 15 is 0 Å². The molecule has 1 heterocycles. The van der Waals surface area contributed by atoms with Crippen molar-refractivity contribution in [1.29, 1.82) is 0 Å². The first kappa shape index (κ1) is 17.4. The molecule has 1 unspecified atom stereocenters. The zero-order chi connectivity index (χ0) is 16.0. The van der Waals surface area contributed by atoms with Crippen molar-refractivity contribution in [1.82, 2.24) is 10.3 Å². The van der Waals surface area contributed by atoms with Crippen LogP contribution in [0.25, 0.3) is 0 Å². The van der Waals surface area contributed by atoms with Crippen LogP contribution in [0.15, 0.2) is 5.38 Å². The predicted octanol–water partition coefficient (Wildman–Crippen LogP) is 0.888. The number of sulfonamides is 1. The van der Waals surface area contributed by atoms with Crippen LogP contribution >= 0.6 is 11.3 Å². The molecule has 0 saturated carbocycles. The number of carboxylic acids is 1. The lowest BCUT2D eigenvalue weighted by molar-refractivity contribution is -0.139. The van der Waals surface area contributed by atoms with Gasteiger partial charge in [-0.05, 0) is 6.42 Å². The van der Waals surface area contributed by atoms with Crippen LogP contribution in [0.4, 0.5) is 5.13 Å². The van der Waals surface area contributed by atoms with Gasteiger partial charge in [0.25, 0.3) is 5.91 Å². The quantitative estimate of drug-likeness (QED) is 0.648.